The molecule has 1 aliphatic rings. The molecular weight excluding hydrogens is 532 g/mol. The van der Waals surface area contributed by atoms with Crippen LogP contribution in [0.25, 0.3) is 71.7 Å². The van der Waals surface area contributed by atoms with E-state index in [2.05, 4.69) is 167 Å². The second-order valence-corrected chi connectivity index (χ2v) is 11.7. The zero-order chi connectivity index (χ0) is 29.0. The molecule has 8 aromatic rings. The highest BCUT2D eigenvalue weighted by Crippen LogP contribution is 2.42. The highest BCUT2D eigenvalue weighted by atomic mass is 15.0. The summed E-state index contributed by atoms with van der Waals surface area (Å²) in [5.41, 5.74) is 12.2. The molecule has 0 saturated heterocycles. The summed E-state index contributed by atoms with van der Waals surface area (Å²) in [6, 6.07) is 50.9. The average molecular weight is 563 g/mol. The summed E-state index contributed by atoms with van der Waals surface area (Å²) in [5, 5.41) is 5.09. The second-order valence-electron chi connectivity index (χ2n) is 11.7. The number of rotatable bonds is 4. The molecule has 0 radical (unpaired) electrons. The van der Waals surface area contributed by atoms with Crippen LogP contribution in [0.5, 0.6) is 0 Å². The Morgan fingerprint density at radius 1 is 0.432 bits per heavy atom. The van der Waals surface area contributed by atoms with Crippen LogP contribution in [-0.2, 0) is 0 Å². The first-order chi connectivity index (χ1) is 21.8. The van der Waals surface area contributed by atoms with Crippen LogP contribution in [0.15, 0.2) is 158 Å². The van der Waals surface area contributed by atoms with Crippen molar-refractivity contribution in [2.75, 3.05) is 0 Å². The van der Waals surface area contributed by atoms with E-state index in [0.717, 1.165) is 12.8 Å². The van der Waals surface area contributed by atoms with Gasteiger partial charge in [0.15, 0.2) is 0 Å². The number of allylic oxidation sites excluding steroid dienone is 4. The lowest BCUT2D eigenvalue weighted by Gasteiger charge is -2.15. The summed E-state index contributed by atoms with van der Waals surface area (Å²) in [7, 11) is 0. The van der Waals surface area contributed by atoms with E-state index in [9.17, 15) is 0 Å². The number of nitrogens with zero attached hydrogens (tertiary/aromatic N) is 2. The summed E-state index contributed by atoms with van der Waals surface area (Å²) in [4.78, 5) is 0. The van der Waals surface area contributed by atoms with Crippen molar-refractivity contribution in [1.82, 2.24) is 9.13 Å². The van der Waals surface area contributed by atoms with E-state index in [4.69, 9.17) is 0 Å². The lowest BCUT2D eigenvalue weighted by Crippen LogP contribution is -1.98. The van der Waals surface area contributed by atoms with E-state index in [1.807, 2.05) is 0 Å². The van der Waals surface area contributed by atoms with Crippen molar-refractivity contribution in [1.29, 1.82) is 0 Å². The first kappa shape index (κ1) is 24.9. The molecule has 44 heavy (non-hydrogen) atoms. The highest BCUT2D eigenvalue weighted by Gasteiger charge is 2.21. The molecule has 2 heterocycles. The predicted octanol–water partition coefficient (Wildman–Crippen LogP) is 11.3. The maximum Gasteiger partial charge on any atom is 0.0641 e. The molecule has 6 aromatic carbocycles. The van der Waals surface area contributed by atoms with Crippen LogP contribution >= 0.6 is 0 Å². The largest absolute Gasteiger partial charge is 0.309 e. The third-order valence-corrected chi connectivity index (χ3v) is 9.10. The van der Waals surface area contributed by atoms with Crippen LogP contribution in [0.1, 0.15) is 18.4 Å². The Bertz CT molecular complexity index is 2420. The van der Waals surface area contributed by atoms with E-state index >= 15 is 0 Å². The highest BCUT2D eigenvalue weighted by molar-refractivity contribution is 6.26. The van der Waals surface area contributed by atoms with Gasteiger partial charge in [0.2, 0.25) is 0 Å². The molecule has 0 saturated carbocycles. The molecule has 0 unspecified atom stereocenters. The van der Waals surface area contributed by atoms with Crippen LogP contribution in [0.2, 0.25) is 0 Å². The summed E-state index contributed by atoms with van der Waals surface area (Å²) < 4.78 is 4.92. The van der Waals surface area contributed by atoms with Gasteiger partial charge in [0, 0.05) is 32.9 Å². The zero-order valence-electron chi connectivity index (χ0n) is 24.3. The normalized spacial score (nSPS) is 13.3. The number of fused-ring (bicyclic) bond motifs is 7. The lowest BCUT2D eigenvalue weighted by molar-refractivity contribution is 1.04. The molecule has 0 atom stereocenters. The van der Waals surface area contributed by atoms with Gasteiger partial charge in [0.1, 0.15) is 0 Å². The number of aromatic nitrogens is 2. The van der Waals surface area contributed by atoms with Crippen LogP contribution in [0, 0.1) is 0 Å². The van der Waals surface area contributed by atoms with Crippen molar-refractivity contribution in [2.24, 2.45) is 0 Å². The Kier molecular flexibility index (Phi) is 5.67. The van der Waals surface area contributed by atoms with Crippen LogP contribution in [0.3, 0.4) is 0 Å². The maximum atomic E-state index is 2.47. The quantitative estimate of drug-likeness (QED) is 0.202. The summed E-state index contributed by atoms with van der Waals surface area (Å²) in [5.74, 6) is 0. The van der Waals surface area contributed by atoms with Crippen molar-refractivity contribution in [3.8, 4) is 22.5 Å². The third kappa shape index (κ3) is 3.81. The first-order valence-electron chi connectivity index (χ1n) is 15.4. The first-order valence-corrected chi connectivity index (χ1v) is 15.4. The molecule has 0 amide bonds. The van der Waals surface area contributed by atoms with Crippen molar-refractivity contribution in [3.05, 3.63) is 163 Å². The van der Waals surface area contributed by atoms with Gasteiger partial charge in [-0.2, -0.15) is 0 Å². The average Bonchev–Trinajstić information content (AvgIpc) is 3.62. The van der Waals surface area contributed by atoms with Gasteiger partial charge < -0.3 is 9.13 Å². The monoisotopic (exact) mass is 562 g/mol. The van der Waals surface area contributed by atoms with Crippen LogP contribution in [-0.4, -0.2) is 9.13 Å². The summed E-state index contributed by atoms with van der Waals surface area (Å²) in [6.45, 7) is 0. The summed E-state index contributed by atoms with van der Waals surface area (Å²) >= 11 is 0. The van der Waals surface area contributed by atoms with Gasteiger partial charge in [-0.15, -0.1) is 0 Å². The minimum Gasteiger partial charge on any atom is -0.309 e. The Morgan fingerprint density at radius 2 is 1.11 bits per heavy atom. The Morgan fingerprint density at radius 3 is 1.89 bits per heavy atom. The topological polar surface area (TPSA) is 9.86 Å². The summed E-state index contributed by atoms with van der Waals surface area (Å²) in [6.07, 6.45) is 9.14. The fraction of sp³-hybridized carbons (Fsp3) is 0.0476. The molecule has 1 aliphatic carbocycles. The van der Waals surface area contributed by atoms with Gasteiger partial charge in [-0.05, 0) is 83.6 Å². The minimum atomic E-state index is 1.08. The van der Waals surface area contributed by atoms with E-state index < -0.39 is 0 Å². The van der Waals surface area contributed by atoms with E-state index in [1.165, 1.54) is 77.2 Å². The van der Waals surface area contributed by atoms with Gasteiger partial charge in [0.25, 0.3) is 0 Å². The van der Waals surface area contributed by atoms with E-state index in [0.29, 0.717) is 0 Å². The minimum absolute atomic E-state index is 1.08. The lowest BCUT2D eigenvalue weighted by atomic mass is 9.95. The predicted molar refractivity (Wildman–Crippen MR) is 187 cm³/mol. The number of para-hydroxylation sites is 3. The van der Waals surface area contributed by atoms with Crippen molar-refractivity contribution < 1.29 is 0 Å². The Balaban J connectivity index is 1.42. The van der Waals surface area contributed by atoms with Crippen LogP contribution in [0.4, 0.5) is 0 Å². The second kappa shape index (κ2) is 10.00. The molecule has 2 heteroatoms. The third-order valence-electron chi connectivity index (χ3n) is 9.10. The fourth-order valence-corrected chi connectivity index (χ4v) is 7.16. The van der Waals surface area contributed by atoms with Crippen molar-refractivity contribution >= 4 is 49.2 Å². The smallest absolute Gasteiger partial charge is 0.0641 e. The molecule has 0 fully saturated rings. The molecular formula is C42H30N2. The standard InChI is InChI=1S/C42H30N2/c1-4-14-29(15-5-1)31-26-32(30-16-6-2-7-17-30)28-34(27-31)43-39-23-13-11-21-37(39)41-40(43)25-24-36-35-20-10-12-22-38(35)44(42(36)41)33-18-8-3-9-19-33/h1,3-6,8-28H,2,7H2. The number of benzene rings is 6. The molecule has 0 spiro atoms. The molecule has 0 bridgehead atoms. The molecule has 208 valence electrons. The van der Waals surface area contributed by atoms with Gasteiger partial charge in [-0.3, -0.25) is 0 Å². The van der Waals surface area contributed by atoms with Gasteiger partial charge in [-0.1, -0.05) is 109 Å². The number of hydrogen-bond acceptors (Lipinski definition) is 0. The molecule has 2 nitrogen and oxygen atoms in total. The zero-order valence-corrected chi connectivity index (χ0v) is 24.3. The maximum absolute atomic E-state index is 2.47. The van der Waals surface area contributed by atoms with Crippen molar-refractivity contribution in [2.45, 2.75) is 12.8 Å². The Hall–Kier alpha value is -5.60. The molecule has 9 rings (SSSR count). The molecule has 0 aliphatic heterocycles. The number of hydrogen-bond donors (Lipinski definition) is 0. The van der Waals surface area contributed by atoms with E-state index in [-0.39, 0.29) is 0 Å². The molecule has 2 aromatic heterocycles. The van der Waals surface area contributed by atoms with Gasteiger partial charge in [-0.25, -0.2) is 0 Å². The van der Waals surface area contributed by atoms with Crippen LogP contribution < -0.4 is 0 Å². The van der Waals surface area contributed by atoms with E-state index in [1.54, 1.807) is 0 Å². The fourth-order valence-electron chi connectivity index (χ4n) is 7.16. The molecule has 0 N–H and O–H groups in total. The Labute approximate surface area is 256 Å². The van der Waals surface area contributed by atoms with Gasteiger partial charge >= 0.3 is 0 Å². The van der Waals surface area contributed by atoms with Gasteiger partial charge in [0.05, 0.1) is 22.1 Å². The SMILES string of the molecule is C1=CC(c2cc(-c3ccccc3)cc(-n3c4ccccc4c4c3ccc3c5ccccc5n(-c5ccccc5)c34)c2)=CCC1. The van der Waals surface area contributed by atoms with Crippen molar-refractivity contribution in [3.63, 3.8) is 0 Å².